The van der Waals surface area contributed by atoms with Gasteiger partial charge in [0.1, 0.15) is 11.8 Å². The molecule has 0 spiro atoms. The molecule has 0 unspecified atom stereocenters. The molecule has 0 aliphatic heterocycles. The van der Waals surface area contributed by atoms with Gasteiger partial charge >= 0.3 is 17.9 Å². The number of esters is 2. The number of carboxylic acids is 1. The monoisotopic (exact) mass is 458 g/mol. The number of nitrogens with one attached hydrogen (secondary N) is 1. The molecule has 2 N–H and O–H groups in total. The van der Waals surface area contributed by atoms with Gasteiger partial charge in [-0.1, -0.05) is 12.1 Å². The highest BCUT2D eigenvalue weighted by molar-refractivity contribution is 5.97. The van der Waals surface area contributed by atoms with Crippen LogP contribution < -0.4 is 10.1 Å². The molecule has 11 nitrogen and oxygen atoms in total. The quantitative estimate of drug-likeness (QED) is 0.236. The standard InChI is InChI=1S/C22H22N2O9/c1-3-32-19(26)12-18(14-4-8-16(9-5-14)24(30)31)20(22(28)29)23-21(27)15-6-10-17(11-7-15)33-13(2)25/h4-11,18,20H,3,12H2,1-2H3,(H,23,27)(H,28,29)/t18-,20-/m0/s1. The molecule has 1 amide bonds. The lowest BCUT2D eigenvalue weighted by Gasteiger charge is -2.25. The molecular formula is C22H22N2O9. The minimum atomic E-state index is -1.54. The van der Waals surface area contributed by atoms with Crippen molar-refractivity contribution >= 4 is 29.5 Å². The Morgan fingerprint density at radius 3 is 2.15 bits per heavy atom. The van der Waals surface area contributed by atoms with E-state index in [1.54, 1.807) is 6.92 Å². The van der Waals surface area contributed by atoms with Gasteiger partial charge in [0.2, 0.25) is 0 Å². The van der Waals surface area contributed by atoms with Crippen LogP contribution in [0.5, 0.6) is 5.75 Å². The number of nitro benzene ring substituents is 1. The van der Waals surface area contributed by atoms with E-state index in [1.807, 2.05) is 0 Å². The average Bonchev–Trinajstić information content (AvgIpc) is 2.76. The van der Waals surface area contributed by atoms with E-state index in [-0.39, 0.29) is 30.0 Å². The molecule has 0 fully saturated rings. The molecule has 2 aromatic rings. The highest BCUT2D eigenvalue weighted by atomic mass is 16.6. The van der Waals surface area contributed by atoms with Crippen LogP contribution in [0.2, 0.25) is 0 Å². The van der Waals surface area contributed by atoms with Crippen LogP contribution in [0.4, 0.5) is 5.69 Å². The van der Waals surface area contributed by atoms with Crippen molar-refractivity contribution in [2.45, 2.75) is 32.2 Å². The molecule has 0 radical (unpaired) electrons. The number of carbonyl (C=O) groups excluding carboxylic acids is 3. The van der Waals surface area contributed by atoms with E-state index in [0.29, 0.717) is 5.56 Å². The number of nitro groups is 1. The van der Waals surface area contributed by atoms with Gasteiger partial charge in [0.25, 0.3) is 11.6 Å². The third kappa shape index (κ3) is 7.13. The molecule has 174 valence electrons. The van der Waals surface area contributed by atoms with Gasteiger partial charge < -0.3 is 19.9 Å². The minimum absolute atomic E-state index is 0.0740. The second-order valence-electron chi connectivity index (χ2n) is 6.87. The SMILES string of the molecule is CCOC(=O)C[C@@H](c1ccc([N+](=O)[O-])cc1)[C@H](NC(=O)c1ccc(OC(C)=O)cc1)C(=O)O. The van der Waals surface area contributed by atoms with E-state index >= 15 is 0 Å². The molecule has 2 atom stereocenters. The Hall–Kier alpha value is -4.28. The summed E-state index contributed by atoms with van der Waals surface area (Å²) in [6.07, 6.45) is -0.381. The van der Waals surface area contributed by atoms with Crippen molar-refractivity contribution in [2.75, 3.05) is 6.61 Å². The zero-order chi connectivity index (χ0) is 24.5. The number of ether oxygens (including phenoxy) is 2. The highest BCUT2D eigenvalue weighted by Gasteiger charge is 2.33. The Morgan fingerprint density at radius 2 is 1.67 bits per heavy atom. The Balaban J connectivity index is 2.32. The summed E-state index contributed by atoms with van der Waals surface area (Å²) in [5.74, 6) is -4.23. The van der Waals surface area contributed by atoms with Crippen LogP contribution in [0.1, 0.15) is 42.1 Å². The number of carbonyl (C=O) groups is 4. The van der Waals surface area contributed by atoms with Crippen molar-refractivity contribution in [3.05, 3.63) is 69.8 Å². The first-order valence-electron chi connectivity index (χ1n) is 9.84. The van der Waals surface area contributed by atoms with Crippen LogP contribution in [0.15, 0.2) is 48.5 Å². The summed E-state index contributed by atoms with van der Waals surface area (Å²) in [6.45, 7) is 2.89. The number of amides is 1. The van der Waals surface area contributed by atoms with E-state index in [4.69, 9.17) is 9.47 Å². The lowest BCUT2D eigenvalue weighted by atomic mass is 9.88. The van der Waals surface area contributed by atoms with Crippen LogP contribution in [0.25, 0.3) is 0 Å². The molecule has 2 rings (SSSR count). The van der Waals surface area contributed by atoms with Gasteiger partial charge in [-0.25, -0.2) is 4.79 Å². The summed E-state index contributed by atoms with van der Waals surface area (Å²) in [5.41, 5.74) is 0.180. The lowest BCUT2D eigenvalue weighted by Crippen LogP contribution is -2.45. The van der Waals surface area contributed by atoms with Crippen LogP contribution >= 0.6 is 0 Å². The number of aliphatic carboxylic acids is 1. The zero-order valence-corrected chi connectivity index (χ0v) is 17.8. The maximum atomic E-state index is 12.7. The van der Waals surface area contributed by atoms with Gasteiger partial charge in [-0.05, 0) is 36.8 Å². The van der Waals surface area contributed by atoms with E-state index < -0.39 is 40.7 Å². The van der Waals surface area contributed by atoms with Crippen LogP contribution in [0, 0.1) is 10.1 Å². The smallest absolute Gasteiger partial charge is 0.326 e. The topological polar surface area (TPSA) is 162 Å². The maximum absolute atomic E-state index is 12.7. The van der Waals surface area contributed by atoms with Gasteiger partial charge in [-0.15, -0.1) is 0 Å². The molecule has 0 saturated heterocycles. The van der Waals surface area contributed by atoms with Crippen molar-refractivity contribution in [1.82, 2.24) is 5.32 Å². The number of rotatable bonds is 10. The molecule has 0 bridgehead atoms. The zero-order valence-electron chi connectivity index (χ0n) is 17.8. The van der Waals surface area contributed by atoms with E-state index in [2.05, 4.69) is 5.32 Å². The van der Waals surface area contributed by atoms with E-state index in [9.17, 15) is 34.4 Å². The molecule has 2 aromatic carbocycles. The highest BCUT2D eigenvalue weighted by Crippen LogP contribution is 2.27. The average molecular weight is 458 g/mol. The molecule has 0 heterocycles. The van der Waals surface area contributed by atoms with Crippen LogP contribution in [0.3, 0.4) is 0 Å². The van der Waals surface area contributed by atoms with Gasteiger partial charge in [0, 0.05) is 30.5 Å². The predicted octanol–water partition coefficient (Wildman–Crippen LogP) is 2.44. The number of non-ortho nitro benzene ring substituents is 1. The van der Waals surface area contributed by atoms with Gasteiger partial charge in [-0.3, -0.25) is 24.5 Å². The largest absolute Gasteiger partial charge is 0.480 e. The summed E-state index contributed by atoms with van der Waals surface area (Å²) < 4.78 is 9.82. The summed E-state index contributed by atoms with van der Waals surface area (Å²) in [4.78, 5) is 58.2. The van der Waals surface area contributed by atoms with E-state index in [1.165, 1.54) is 55.5 Å². The van der Waals surface area contributed by atoms with Gasteiger partial charge in [-0.2, -0.15) is 0 Å². The molecule has 11 heteroatoms. The second kappa shape index (κ2) is 11.4. The fourth-order valence-corrected chi connectivity index (χ4v) is 3.07. The lowest BCUT2D eigenvalue weighted by molar-refractivity contribution is -0.384. The molecule has 0 aromatic heterocycles. The molecule has 33 heavy (non-hydrogen) atoms. The fourth-order valence-electron chi connectivity index (χ4n) is 3.07. The fraction of sp³-hybridized carbons (Fsp3) is 0.273. The Morgan fingerprint density at radius 1 is 1.06 bits per heavy atom. The second-order valence-corrected chi connectivity index (χ2v) is 6.87. The maximum Gasteiger partial charge on any atom is 0.326 e. The molecule has 0 saturated carbocycles. The van der Waals surface area contributed by atoms with Crippen molar-refractivity contribution in [3.63, 3.8) is 0 Å². The van der Waals surface area contributed by atoms with Crippen molar-refractivity contribution in [1.29, 1.82) is 0 Å². The van der Waals surface area contributed by atoms with Crippen LogP contribution in [-0.4, -0.2) is 46.5 Å². The number of benzene rings is 2. The Bertz CT molecular complexity index is 1030. The summed E-state index contributed by atoms with van der Waals surface area (Å²) >= 11 is 0. The van der Waals surface area contributed by atoms with Gasteiger partial charge in [0.05, 0.1) is 18.0 Å². The molecule has 0 aliphatic carbocycles. The Kier molecular flexibility index (Phi) is 8.61. The number of hydrogen-bond donors (Lipinski definition) is 2. The van der Waals surface area contributed by atoms with Crippen molar-refractivity contribution in [2.24, 2.45) is 0 Å². The number of carboxylic acid groups (broad SMARTS) is 1. The van der Waals surface area contributed by atoms with E-state index in [0.717, 1.165) is 0 Å². The number of hydrogen-bond acceptors (Lipinski definition) is 8. The van der Waals surface area contributed by atoms with Crippen LogP contribution in [-0.2, 0) is 19.1 Å². The predicted molar refractivity (Wildman–Crippen MR) is 114 cm³/mol. The van der Waals surface area contributed by atoms with Gasteiger partial charge in [0.15, 0.2) is 0 Å². The number of nitrogens with zero attached hydrogens (tertiary/aromatic N) is 1. The molecule has 0 aliphatic rings. The summed E-state index contributed by atoms with van der Waals surface area (Å²) in [6, 6.07) is 8.92. The third-order valence-corrected chi connectivity index (χ3v) is 4.56. The minimum Gasteiger partial charge on any atom is -0.480 e. The van der Waals surface area contributed by atoms with Crippen molar-refractivity contribution < 1.29 is 38.7 Å². The third-order valence-electron chi connectivity index (χ3n) is 4.56. The first-order valence-corrected chi connectivity index (χ1v) is 9.84. The summed E-state index contributed by atoms with van der Waals surface area (Å²) in [5, 5.41) is 23.1. The first kappa shape index (κ1) is 25.0. The summed E-state index contributed by atoms with van der Waals surface area (Å²) in [7, 11) is 0. The first-order chi connectivity index (χ1) is 15.6. The molecular weight excluding hydrogens is 436 g/mol. The van der Waals surface area contributed by atoms with Crippen molar-refractivity contribution in [3.8, 4) is 5.75 Å². The normalized spacial score (nSPS) is 12.2. The Labute approximate surface area is 188 Å².